The standard InChI is InChI=1S/C23H33N5O2S/c1-18-7-6-8-20(15-18)17-31(29,30)28-13-11-27(12-14-28)22-16-19(2)24-23(26-22)25-21-9-4-3-5-10-21/h6-8,15-16,21H,3-5,9-14,17H2,1-2H3,(H,24,25,26). The maximum absolute atomic E-state index is 12.9. The number of piperazine rings is 1. The SMILES string of the molecule is Cc1cccc(CS(=O)(=O)N2CCN(c3cc(C)nc(NC4CCCCC4)n3)CC2)c1. The first-order chi connectivity index (χ1) is 14.9. The van der Waals surface area contributed by atoms with E-state index in [-0.39, 0.29) is 5.75 Å². The van der Waals surface area contributed by atoms with Crippen LogP contribution in [0.4, 0.5) is 11.8 Å². The largest absolute Gasteiger partial charge is 0.354 e. The summed E-state index contributed by atoms with van der Waals surface area (Å²) in [6, 6.07) is 10.2. The van der Waals surface area contributed by atoms with Crippen molar-refractivity contribution in [1.29, 1.82) is 0 Å². The molecule has 1 saturated heterocycles. The fraction of sp³-hybridized carbons (Fsp3) is 0.565. The van der Waals surface area contributed by atoms with Gasteiger partial charge in [-0.05, 0) is 32.3 Å². The zero-order valence-electron chi connectivity index (χ0n) is 18.5. The molecule has 0 spiro atoms. The Morgan fingerprint density at radius 1 is 1.00 bits per heavy atom. The van der Waals surface area contributed by atoms with E-state index in [1.54, 1.807) is 4.31 Å². The topological polar surface area (TPSA) is 78.4 Å². The van der Waals surface area contributed by atoms with Crippen LogP contribution in [-0.4, -0.2) is 54.9 Å². The molecule has 1 aliphatic heterocycles. The van der Waals surface area contributed by atoms with Crippen molar-refractivity contribution in [3.05, 3.63) is 47.2 Å². The van der Waals surface area contributed by atoms with Gasteiger partial charge in [0.2, 0.25) is 16.0 Å². The van der Waals surface area contributed by atoms with Crippen LogP contribution in [0.5, 0.6) is 0 Å². The van der Waals surface area contributed by atoms with Gasteiger partial charge in [0.25, 0.3) is 0 Å². The molecule has 0 atom stereocenters. The van der Waals surface area contributed by atoms with Crippen molar-refractivity contribution in [2.75, 3.05) is 36.4 Å². The minimum atomic E-state index is -3.33. The molecule has 2 aromatic rings. The Morgan fingerprint density at radius 3 is 2.45 bits per heavy atom. The molecule has 0 bridgehead atoms. The van der Waals surface area contributed by atoms with Gasteiger partial charge in [0.05, 0.1) is 5.75 Å². The second-order valence-electron chi connectivity index (χ2n) is 8.80. The van der Waals surface area contributed by atoms with Crippen molar-refractivity contribution in [3.63, 3.8) is 0 Å². The molecule has 8 heteroatoms. The molecule has 2 heterocycles. The third-order valence-electron chi connectivity index (χ3n) is 6.17. The Hall–Kier alpha value is -2.19. The van der Waals surface area contributed by atoms with E-state index in [0.29, 0.717) is 38.2 Å². The normalized spacial score (nSPS) is 18.8. The summed E-state index contributed by atoms with van der Waals surface area (Å²) in [5.41, 5.74) is 2.85. The number of benzene rings is 1. The van der Waals surface area contributed by atoms with E-state index < -0.39 is 10.0 Å². The van der Waals surface area contributed by atoms with Crippen LogP contribution in [0.1, 0.15) is 48.9 Å². The summed E-state index contributed by atoms with van der Waals surface area (Å²) in [4.78, 5) is 11.5. The predicted octanol–water partition coefficient (Wildman–Crippen LogP) is 3.49. The van der Waals surface area contributed by atoms with E-state index in [4.69, 9.17) is 4.98 Å². The fourth-order valence-corrected chi connectivity index (χ4v) is 6.01. The Balaban J connectivity index is 1.39. The highest BCUT2D eigenvalue weighted by Gasteiger charge is 2.28. The van der Waals surface area contributed by atoms with E-state index in [2.05, 4.69) is 15.2 Å². The first-order valence-electron chi connectivity index (χ1n) is 11.3. The molecule has 0 unspecified atom stereocenters. The zero-order valence-corrected chi connectivity index (χ0v) is 19.4. The number of nitrogens with one attached hydrogen (secondary N) is 1. The molecule has 0 amide bonds. The van der Waals surface area contributed by atoms with Gasteiger partial charge in [0, 0.05) is 44.0 Å². The van der Waals surface area contributed by atoms with Gasteiger partial charge in [0.1, 0.15) is 5.82 Å². The summed E-state index contributed by atoms with van der Waals surface area (Å²) in [6.45, 7) is 6.18. The third-order valence-corrected chi connectivity index (χ3v) is 8.02. The second kappa shape index (κ2) is 9.53. The van der Waals surface area contributed by atoms with Gasteiger partial charge in [-0.1, -0.05) is 49.1 Å². The highest BCUT2D eigenvalue weighted by Crippen LogP contribution is 2.23. The first-order valence-corrected chi connectivity index (χ1v) is 12.9. The Morgan fingerprint density at radius 2 is 1.74 bits per heavy atom. The van der Waals surface area contributed by atoms with Crippen LogP contribution in [0.15, 0.2) is 30.3 Å². The molecule has 0 radical (unpaired) electrons. The number of nitrogens with zero attached hydrogens (tertiary/aromatic N) is 4. The Kier molecular flexibility index (Phi) is 6.77. The van der Waals surface area contributed by atoms with Crippen LogP contribution in [0.25, 0.3) is 0 Å². The number of anilines is 2. The van der Waals surface area contributed by atoms with Gasteiger partial charge in [-0.15, -0.1) is 0 Å². The molecule has 31 heavy (non-hydrogen) atoms. The lowest BCUT2D eigenvalue weighted by Gasteiger charge is -2.35. The summed E-state index contributed by atoms with van der Waals surface area (Å²) in [5, 5.41) is 3.51. The molecule has 168 valence electrons. The zero-order chi connectivity index (χ0) is 21.8. The monoisotopic (exact) mass is 443 g/mol. The molecule has 1 aliphatic carbocycles. The molecule has 1 N–H and O–H groups in total. The third kappa shape index (κ3) is 5.74. The van der Waals surface area contributed by atoms with Crippen molar-refractivity contribution in [2.24, 2.45) is 0 Å². The van der Waals surface area contributed by atoms with E-state index in [1.807, 2.05) is 44.2 Å². The maximum Gasteiger partial charge on any atom is 0.225 e. The molecule has 7 nitrogen and oxygen atoms in total. The number of sulfonamides is 1. The number of aromatic nitrogens is 2. The average Bonchev–Trinajstić information content (AvgIpc) is 2.74. The van der Waals surface area contributed by atoms with Gasteiger partial charge in [-0.25, -0.2) is 13.4 Å². The lowest BCUT2D eigenvalue weighted by molar-refractivity contribution is 0.383. The smallest absolute Gasteiger partial charge is 0.225 e. The van der Waals surface area contributed by atoms with Crippen molar-refractivity contribution >= 4 is 21.8 Å². The van der Waals surface area contributed by atoms with Gasteiger partial charge in [0.15, 0.2) is 0 Å². The van der Waals surface area contributed by atoms with Crippen molar-refractivity contribution in [3.8, 4) is 0 Å². The molecule has 2 aliphatic rings. The number of hydrogen-bond donors (Lipinski definition) is 1. The van der Waals surface area contributed by atoms with Crippen molar-refractivity contribution in [1.82, 2.24) is 14.3 Å². The lowest BCUT2D eigenvalue weighted by atomic mass is 9.96. The van der Waals surface area contributed by atoms with E-state index in [0.717, 1.165) is 22.6 Å². The van der Waals surface area contributed by atoms with Gasteiger partial charge >= 0.3 is 0 Å². The summed E-state index contributed by atoms with van der Waals surface area (Å²) < 4.78 is 27.4. The highest BCUT2D eigenvalue weighted by atomic mass is 32.2. The van der Waals surface area contributed by atoms with Gasteiger partial charge in [-0.3, -0.25) is 0 Å². The molecular weight excluding hydrogens is 410 g/mol. The molecule has 1 aromatic heterocycles. The molecule has 4 rings (SSSR count). The Labute approximate surface area is 185 Å². The van der Waals surface area contributed by atoms with Crippen molar-refractivity contribution < 1.29 is 8.42 Å². The number of hydrogen-bond acceptors (Lipinski definition) is 6. The summed E-state index contributed by atoms with van der Waals surface area (Å²) in [6.07, 6.45) is 6.17. The average molecular weight is 444 g/mol. The summed E-state index contributed by atoms with van der Waals surface area (Å²) in [7, 11) is -3.33. The Bertz CT molecular complexity index is 997. The van der Waals surface area contributed by atoms with Crippen LogP contribution >= 0.6 is 0 Å². The number of aryl methyl sites for hydroxylation is 2. The molecule has 1 aromatic carbocycles. The molecule has 2 fully saturated rings. The number of rotatable bonds is 6. The van der Waals surface area contributed by atoms with E-state index >= 15 is 0 Å². The predicted molar refractivity (Wildman–Crippen MR) is 125 cm³/mol. The molecular formula is C23H33N5O2S. The van der Waals surface area contributed by atoms with Crippen LogP contribution in [-0.2, 0) is 15.8 Å². The maximum atomic E-state index is 12.9. The van der Waals surface area contributed by atoms with Crippen molar-refractivity contribution in [2.45, 2.75) is 57.7 Å². The second-order valence-corrected chi connectivity index (χ2v) is 10.8. The van der Waals surface area contributed by atoms with Gasteiger partial charge < -0.3 is 10.2 Å². The minimum absolute atomic E-state index is 0.0523. The minimum Gasteiger partial charge on any atom is -0.354 e. The van der Waals surface area contributed by atoms with E-state index in [9.17, 15) is 8.42 Å². The van der Waals surface area contributed by atoms with Crippen LogP contribution < -0.4 is 10.2 Å². The lowest BCUT2D eigenvalue weighted by Crippen LogP contribution is -2.49. The first kappa shape index (κ1) is 22.0. The quantitative estimate of drug-likeness (QED) is 0.736. The van der Waals surface area contributed by atoms with Crippen LogP contribution in [0.2, 0.25) is 0 Å². The van der Waals surface area contributed by atoms with Crippen LogP contribution in [0, 0.1) is 13.8 Å². The molecule has 1 saturated carbocycles. The van der Waals surface area contributed by atoms with Gasteiger partial charge in [-0.2, -0.15) is 9.29 Å². The highest BCUT2D eigenvalue weighted by molar-refractivity contribution is 7.88. The summed E-state index contributed by atoms with van der Waals surface area (Å²) >= 11 is 0. The summed E-state index contributed by atoms with van der Waals surface area (Å²) in [5.74, 6) is 1.62. The van der Waals surface area contributed by atoms with E-state index in [1.165, 1.54) is 32.1 Å². The fourth-order valence-electron chi connectivity index (χ4n) is 4.51. The van der Waals surface area contributed by atoms with Crippen LogP contribution in [0.3, 0.4) is 0 Å².